The molecule has 22 heavy (non-hydrogen) atoms. The minimum atomic E-state index is -0.217. The number of halogens is 1. The van der Waals surface area contributed by atoms with Crippen molar-refractivity contribution in [3.05, 3.63) is 89.7 Å². The van der Waals surface area contributed by atoms with Crippen LogP contribution in [-0.2, 0) is 0 Å². The van der Waals surface area contributed by atoms with Crippen molar-refractivity contribution in [1.29, 1.82) is 0 Å². The molecule has 1 aromatic heterocycles. The van der Waals surface area contributed by atoms with Crippen molar-refractivity contribution >= 4 is 11.3 Å². The Bertz CT molecular complexity index is 786. The highest BCUT2D eigenvalue weighted by molar-refractivity contribution is 5.96. The van der Waals surface area contributed by atoms with Crippen LogP contribution < -0.4 is 5.32 Å². The quantitative estimate of drug-likeness (QED) is 0.898. The topological polar surface area (TPSA) is 24.9 Å². The van der Waals surface area contributed by atoms with Gasteiger partial charge in [0.2, 0.25) is 0 Å². The Morgan fingerprint density at radius 2 is 1.77 bits per heavy atom. The normalized spacial score (nSPS) is 19.7. The van der Waals surface area contributed by atoms with Crippen molar-refractivity contribution in [2.45, 2.75) is 6.42 Å². The molecule has 1 aliphatic heterocycles. The third kappa shape index (κ3) is 2.15. The molecular weight excluding hydrogens is 275 g/mol. The molecule has 0 saturated heterocycles. The van der Waals surface area contributed by atoms with Crippen LogP contribution in [-0.4, -0.2) is 4.98 Å². The lowest BCUT2D eigenvalue weighted by molar-refractivity contribution is 0.627. The van der Waals surface area contributed by atoms with Gasteiger partial charge in [-0.25, -0.2) is 4.39 Å². The van der Waals surface area contributed by atoms with Crippen LogP contribution >= 0.6 is 0 Å². The van der Waals surface area contributed by atoms with Gasteiger partial charge in [-0.05, 0) is 65.6 Å². The molecule has 1 atom stereocenters. The second kappa shape index (κ2) is 5.26. The van der Waals surface area contributed by atoms with Crippen molar-refractivity contribution in [2.24, 2.45) is 5.92 Å². The van der Waals surface area contributed by atoms with E-state index in [4.69, 9.17) is 0 Å². The Kier molecular flexibility index (Phi) is 3.11. The number of aromatic nitrogens is 1. The standard InChI is InChI=1S/C19H15FN2/c20-15-7-5-14(6-8-15)19-18(13-9-11-21-12-10-13)16-3-1-2-4-17(16)22-19/h1-2,4-12,16,22H,3H2. The fourth-order valence-corrected chi connectivity index (χ4v) is 3.14. The van der Waals surface area contributed by atoms with Gasteiger partial charge in [-0.15, -0.1) is 0 Å². The molecule has 2 nitrogen and oxygen atoms in total. The molecule has 0 saturated carbocycles. The molecule has 1 aromatic carbocycles. The van der Waals surface area contributed by atoms with Crippen LogP contribution in [0.2, 0.25) is 0 Å². The predicted octanol–water partition coefficient (Wildman–Crippen LogP) is 4.15. The number of nitrogens with one attached hydrogen (secondary N) is 1. The molecule has 1 N–H and O–H groups in total. The van der Waals surface area contributed by atoms with Gasteiger partial charge in [-0.3, -0.25) is 4.98 Å². The SMILES string of the molecule is Fc1ccc(C2=C(c3ccncc3)C3CC=CC=C3N2)cc1. The molecule has 0 amide bonds. The average Bonchev–Trinajstić information content (AvgIpc) is 2.96. The van der Waals surface area contributed by atoms with Gasteiger partial charge in [0.1, 0.15) is 5.82 Å². The highest BCUT2D eigenvalue weighted by atomic mass is 19.1. The first-order valence-electron chi connectivity index (χ1n) is 7.37. The number of allylic oxidation sites excluding steroid dienone is 4. The summed E-state index contributed by atoms with van der Waals surface area (Å²) in [5, 5.41) is 3.52. The second-order valence-corrected chi connectivity index (χ2v) is 5.49. The van der Waals surface area contributed by atoms with Crippen LogP contribution in [0, 0.1) is 11.7 Å². The van der Waals surface area contributed by atoms with Gasteiger partial charge in [0, 0.05) is 24.0 Å². The van der Waals surface area contributed by atoms with Crippen LogP contribution in [0.5, 0.6) is 0 Å². The lowest BCUT2D eigenvalue weighted by Crippen LogP contribution is -2.11. The van der Waals surface area contributed by atoms with Crippen LogP contribution in [0.3, 0.4) is 0 Å². The third-order valence-corrected chi connectivity index (χ3v) is 4.17. The summed E-state index contributed by atoms with van der Waals surface area (Å²) >= 11 is 0. The summed E-state index contributed by atoms with van der Waals surface area (Å²) in [6, 6.07) is 10.7. The highest BCUT2D eigenvalue weighted by Crippen LogP contribution is 2.43. The number of pyridine rings is 1. The third-order valence-electron chi connectivity index (χ3n) is 4.17. The fourth-order valence-electron chi connectivity index (χ4n) is 3.14. The monoisotopic (exact) mass is 290 g/mol. The maximum absolute atomic E-state index is 13.2. The average molecular weight is 290 g/mol. The highest BCUT2D eigenvalue weighted by Gasteiger charge is 2.31. The molecule has 2 aliphatic rings. The van der Waals surface area contributed by atoms with Crippen LogP contribution in [0.1, 0.15) is 17.5 Å². The lowest BCUT2D eigenvalue weighted by atomic mass is 9.86. The van der Waals surface area contributed by atoms with E-state index in [9.17, 15) is 4.39 Å². The van der Waals surface area contributed by atoms with E-state index in [2.05, 4.69) is 28.5 Å². The maximum atomic E-state index is 13.2. The first-order chi connectivity index (χ1) is 10.8. The van der Waals surface area contributed by atoms with Gasteiger partial charge in [0.15, 0.2) is 0 Å². The number of hydrogen-bond acceptors (Lipinski definition) is 2. The van der Waals surface area contributed by atoms with Gasteiger partial charge >= 0.3 is 0 Å². The summed E-state index contributed by atoms with van der Waals surface area (Å²) < 4.78 is 13.2. The summed E-state index contributed by atoms with van der Waals surface area (Å²) in [7, 11) is 0. The van der Waals surface area contributed by atoms with Gasteiger partial charge in [-0.1, -0.05) is 12.2 Å². The van der Waals surface area contributed by atoms with Crippen molar-refractivity contribution in [3.63, 3.8) is 0 Å². The molecule has 2 heterocycles. The molecule has 2 aromatic rings. The minimum absolute atomic E-state index is 0.217. The molecule has 1 aliphatic carbocycles. The Morgan fingerprint density at radius 3 is 2.55 bits per heavy atom. The zero-order valence-corrected chi connectivity index (χ0v) is 12.0. The van der Waals surface area contributed by atoms with E-state index in [-0.39, 0.29) is 5.82 Å². The molecule has 0 spiro atoms. The summed E-state index contributed by atoms with van der Waals surface area (Å²) in [5.41, 5.74) is 5.68. The van der Waals surface area contributed by atoms with Crippen LogP contribution in [0.4, 0.5) is 4.39 Å². The van der Waals surface area contributed by atoms with Gasteiger partial charge in [0.25, 0.3) is 0 Å². The molecule has 0 bridgehead atoms. The lowest BCUT2D eigenvalue weighted by Gasteiger charge is -2.16. The van der Waals surface area contributed by atoms with Gasteiger partial charge in [-0.2, -0.15) is 0 Å². The van der Waals surface area contributed by atoms with E-state index in [1.54, 1.807) is 0 Å². The summed E-state index contributed by atoms with van der Waals surface area (Å²) in [5.74, 6) is 0.110. The Labute approximate surface area is 128 Å². The molecular formula is C19H15FN2. The Hall–Kier alpha value is -2.68. The first-order valence-corrected chi connectivity index (χ1v) is 7.37. The van der Waals surface area contributed by atoms with E-state index in [1.165, 1.54) is 23.4 Å². The Balaban J connectivity index is 1.88. The van der Waals surface area contributed by atoms with Crippen molar-refractivity contribution < 1.29 is 4.39 Å². The maximum Gasteiger partial charge on any atom is 0.123 e. The van der Waals surface area contributed by atoms with E-state index < -0.39 is 0 Å². The molecule has 108 valence electrons. The zero-order chi connectivity index (χ0) is 14.9. The second-order valence-electron chi connectivity index (χ2n) is 5.49. The number of fused-ring (bicyclic) bond motifs is 1. The number of hydrogen-bond donors (Lipinski definition) is 1. The number of rotatable bonds is 2. The number of nitrogens with zero attached hydrogens (tertiary/aromatic N) is 1. The predicted molar refractivity (Wildman–Crippen MR) is 85.9 cm³/mol. The van der Waals surface area contributed by atoms with E-state index >= 15 is 0 Å². The fraction of sp³-hybridized carbons (Fsp3) is 0.105. The van der Waals surface area contributed by atoms with Crippen molar-refractivity contribution in [1.82, 2.24) is 10.3 Å². The van der Waals surface area contributed by atoms with Crippen molar-refractivity contribution in [3.8, 4) is 0 Å². The molecule has 1 unspecified atom stereocenters. The molecule has 4 rings (SSSR count). The largest absolute Gasteiger partial charge is 0.358 e. The van der Waals surface area contributed by atoms with E-state index in [0.717, 1.165) is 23.2 Å². The molecule has 0 radical (unpaired) electrons. The summed E-state index contributed by atoms with van der Waals surface area (Å²) in [6.45, 7) is 0. The first kappa shape index (κ1) is 13.0. The zero-order valence-electron chi connectivity index (χ0n) is 12.0. The van der Waals surface area contributed by atoms with Gasteiger partial charge < -0.3 is 5.32 Å². The number of benzene rings is 1. The Morgan fingerprint density at radius 1 is 1.00 bits per heavy atom. The van der Waals surface area contributed by atoms with Gasteiger partial charge in [0.05, 0.1) is 5.70 Å². The summed E-state index contributed by atoms with van der Waals surface area (Å²) in [6.07, 6.45) is 11.0. The molecule has 3 heteroatoms. The summed E-state index contributed by atoms with van der Waals surface area (Å²) in [4.78, 5) is 4.11. The van der Waals surface area contributed by atoms with E-state index in [1.807, 2.05) is 36.7 Å². The van der Waals surface area contributed by atoms with Crippen molar-refractivity contribution in [2.75, 3.05) is 0 Å². The molecule has 0 fully saturated rings. The van der Waals surface area contributed by atoms with Crippen LogP contribution in [0.15, 0.2) is 72.7 Å². The van der Waals surface area contributed by atoms with E-state index in [0.29, 0.717) is 5.92 Å². The smallest absolute Gasteiger partial charge is 0.123 e. The van der Waals surface area contributed by atoms with Crippen LogP contribution in [0.25, 0.3) is 11.3 Å². The minimum Gasteiger partial charge on any atom is -0.358 e.